The van der Waals surface area contributed by atoms with E-state index < -0.39 is 0 Å². The van der Waals surface area contributed by atoms with Crippen LogP contribution in [0.4, 0.5) is 11.4 Å². The molecule has 0 saturated carbocycles. The third kappa shape index (κ3) is 3.17. The van der Waals surface area contributed by atoms with Crippen LogP contribution in [0, 0.1) is 0 Å². The van der Waals surface area contributed by atoms with Gasteiger partial charge in [-0.15, -0.1) is 0 Å². The van der Waals surface area contributed by atoms with E-state index in [1.54, 1.807) is 12.1 Å². The zero-order valence-electron chi connectivity index (χ0n) is 9.21. The van der Waals surface area contributed by atoms with Crippen LogP contribution < -0.4 is 10.6 Å². The molecule has 16 heavy (non-hydrogen) atoms. The Labute approximate surface area is 106 Å². The Kier molecular flexibility index (Phi) is 5.19. The molecule has 0 aliphatic rings. The van der Waals surface area contributed by atoms with Crippen molar-refractivity contribution in [2.75, 3.05) is 30.3 Å². The van der Waals surface area contributed by atoms with E-state index in [-0.39, 0.29) is 6.61 Å². The number of aliphatic hydroxyl groups is 1. The molecular weight excluding hydrogens is 247 g/mol. The van der Waals surface area contributed by atoms with Crippen molar-refractivity contribution in [3.05, 3.63) is 22.2 Å². The number of rotatable bonds is 5. The standard InChI is InChI=1S/C11H16Cl2N2O/c1-2-3-15(4-5-16)11-9(12)6-8(14)7-10(11)13/h6-7,16H,2-5,14H2,1H3. The van der Waals surface area contributed by atoms with Crippen molar-refractivity contribution in [3.63, 3.8) is 0 Å². The van der Waals surface area contributed by atoms with Crippen LogP contribution in [0.3, 0.4) is 0 Å². The Morgan fingerprint density at radius 3 is 2.25 bits per heavy atom. The Morgan fingerprint density at radius 2 is 1.81 bits per heavy atom. The summed E-state index contributed by atoms with van der Waals surface area (Å²) >= 11 is 12.2. The monoisotopic (exact) mass is 262 g/mol. The summed E-state index contributed by atoms with van der Waals surface area (Å²) in [6, 6.07) is 3.34. The van der Waals surface area contributed by atoms with Crippen molar-refractivity contribution >= 4 is 34.6 Å². The lowest BCUT2D eigenvalue weighted by atomic mass is 10.2. The fourth-order valence-electron chi connectivity index (χ4n) is 1.61. The highest BCUT2D eigenvalue weighted by atomic mass is 35.5. The van der Waals surface area contributed by atoms with Gasteiger partial charge in [0.1, 0.15) is 0 Å². The van der Waals surface area contributed by atoms with Gasteiger partial charge in [0, 0.05) is 18.8 Å². The molecule has 0 aliphatic carbocycles. The minimum Gasteiger partial charge on any atom is -0.399 e. The van der Waals surface area contributed by atoms with E-state index in [2.05, 4.69) is 6.92 Å². The van der Waals surface area contributed by atoms with Crippen LogP contribution in [0.25, 0.3) is 0 Å². The normalized spacial score (nSPS) is 10.5. The third-order valence-electron chi connectivity index (χ3n) is 2.22. The van der Waals surface area contributed by atoms with Crippen LogP contribution in [0.1, 0.15) is 13.3 Å². The molecule has 1 rings (SSSR count). The van der Waals surface area contributed by atoms with E-state index in [4.69, 9.17) is 34.0 Å². The van der Waals surface area contributed by atoms with Gasteiger partial charge in [-0.25, -0.2) is 0 Å². The molecule has 1 aromatic carbocycles. The number of halogens is 2. The number of nitrogen functional groups attached to an aromatic ring is 1. The van der Waals surface area contributed by atoms with Gasteiger partial charge in [-0.1, -0.05) is 30.1 Å². The van der Waals surface area contributed by atoms with Gasteiger partial charge < -0.3 is 15.7 Å². The van der Waals surface area contributed by atoms with E-state index in [1.165, 1.54) is 0 Å². The van der Waals surface area contributed by atoms with Crippen molar-refractivity contribution in [1.82, 2.24) is 0 Å². The number of benzene rings is 1. The van der Waals surface area contributed by atoms with Crippen LogP contribution in [-0.4, -0.2) is 24.8 Å². The van der Waals surface area contributed by atoms with Crippen LogP contribution in [0.2, 0.25) is 10.0 Å². The second-order valence-corrected chi connectivity index (χ2v) is 4.36. The van der Waals surface area contributed by atoms with Crippen LogP contribution >= 0.6 is 23.2 Å². The molecule has 3 N–H and O–H groups in total. The summed E-state index contributed by atoms with van der Waals surface area (Å²) < 4.78 is 0. The molecule has 0 aromatic heterocycles. The van der Waals surface area contributed by atoms with E-state index in [0.717, 1.165) is 18.7 Å². The number of nitrogens with zero attached hydrogens (tertiary/aromatic N) is 1. The molecule has 5 heteroatoms. The van der Waals surface area contributed by atoms with Crippen LogP contribution in [0.15, 0.2) is 12.1 Å². The molecular formula is C11H16Cl2N2O. The van der Waals surface area contributed by atoms with Gasteiger partial charge >= 0.3 is 0 Å². The maximum absolute atomic E-state index is 9.01. The van der Waals surface area contributed by atoms with Crippen LogP contribution in [0.5, 0.6) is 0 Å². The fraction of sp³-hybridized carbons (Fsp3) is 0.455. The number of hydrogen-bond acceptors (Lipinski definition) is 3. The van der Waals surface area contributed by atoms with Crippen molar-refractivity contribution < 1.29 is 5.11 Å². The molecule has 0 heterocycles. The van der Waals surface area contributed by atoms with E-state index >= 15 is 0 Å². The Hall–Kier alpha value is -0.640. The second-order valence-electron chi connectivity index (χ2n) is 3.54. The maximum atomic E-state index is 9.01. The van der Waals surface area contributed by atoms with Crippen molar-refractivity contribution in [2.45, 2.75) is 13.3 Å². The van der Waals surface area contributed by atoms with Gasteiger partial charge in [-0.3, -0.25) is 0 Å². The first-order chi connectivity index (χ1) is 7.60. The first kappa shape index (κ1) is 13.4. The summed E-state index contributed by atoms with van der Waals surface area (Å²) in [6.45, 7) is 3.43. The number of aliphatic hydroxyl groups excluding tert-OH is 1. The lowest BCUT2D eigenvalue weighted by Gasteiger charge is -2.25. The minimum absolute atomic E-state index is 0.0665. The zero-order valence-corrected chi connectivity index (χ0v) is 10.7. The molecule has 3 nitrogen and oxygen atoms in total. The zero-order chi connectivity index (χ0) is 12.1. The molecule has 90 valence electrons. The highest BCUT2D eigenvalue weighted by molar-refractivity contribution is 6.39. The topological polar surface area (TPSA) is 49.5 Å². The largest absolute Gasteiger partial charge is 0.399 e. The predicted octanol–water partition coefficient (Wildman–Crippen LogP) is 2.78. The Morgan fingerprint density at radius 1 is 1.25 bits per heavy atom. The average molecular weight is 263 g/mol. The molecule has 0 atom stereocenters. The molecule has 0 saturated heterocycles. The maximum Gasteiger partial charge on any atom is 0.0747 e. The number of hydrogen-bond donors (Lipinski definition) is 2. The molecule has 0 unspecified atom stereocenters. The molecule has 0 bridgehead atoms. The molecule has 0 amide bonds. The summed E-state index contributed by atoms with van der Waals surface area (Å²) in [4.78, 5) is 1.96. The molecule has 0 fully saturated rings. The Bertz CT molecular complexity index is 329. The summed E-state index contributed by atoms with van der Waals surface area (Å²) in [5, 5.41) is 10.0. The van der Waals surface area contributed by atoms with E-state index in [0.29, 0.717) is 22.3 Å². The summed E-state index contributed by atoms with van der Waals surface area (Å²) in [6.07, 6.45) is 0.955. The first-order valence-electron chi connectivity index (χ1n) is 5.20. The lowest BCUT2D eigenvalue weighted by molar-refractivity contribution is 0.302. The van der Waals surface area contributed by atoms with Crippen LogP contribution in [-0.2, 0) is 0 Å². The van der Waals surface area contributed by atoms with Crippen molar-refractivity contribution in [2.24, 2.45) is 0 Å². The smallest absolute Gasteiger partial charge is 0.0747 e. The SMILES string of the molecule is CCCN(CCO)c1c(Cl)cc(N)cc1Cl. The molecule has 0 aliphatic heterocycles. The predicted molar refractivity (Wildman–Crippen MR) is 70.5 cm³/mol. The third-order valence-corrected chi connectivity index (χ3v) is 2.80. The van der Waals surface area contributed by atoms with Gasteiger partial charge in [0.15, 0.2) is 0 Å². The van der Waals surface area contributed by atoms with E-state index in [1.807, 2.05) is 4.90 Å². The van der Waals surface area contributed by atoms with Crippen molar-refractivity contribution in [1.29, 1.82) is 0 Å². The average Bonchev–Trinajstić information content (AvgIpc) is 2.16. The van der Waals surface area contributed by atoms with Gasteiger partial charge in [0.05, 0.1) is 22.3 Å². The molecule has 1 aromatic rings. The van der Waals surface area contributed by atoms with Gasteiger partial charge in [0.2, 0.25) is 0 Å². The number of anilines is 2. The lowest BCUT2D eigenvalue weighted by Crippen LogP contribution is -2.28. The fourth-order valence-corrected chi connectivity index (χ4v) is 2.36. The second kappa shape index (κ2) is 6.18. The van der Waals surface area contributed by atoms with Crippen molar-refractivity contribution in [3.8, 4) is 0 Å². The van der Waals surface area contributed by atoms with Gasteiger partial charge in [0.25, 0.3) is 0 Å². The quantitative estimate of drug-likeness (QED) is 0.803. The Balaban J connectivity index is 3.07. The summed E-state index contributed by atoms with van der Waals surface area (Å²) in [7, 11) is 0. The summed E-state index contributed by atoms with van der Waals surface area (Å²) in [5.41, 5.74) is 6.92. The highest BCUT2D eigenvalue weighted by Crippen LogP contribution is 2.35. The first-order valence-corrected chi connectivity index (χ1v) is 5.96. The minimum atomic E-state index is 0.0665. The summed E-state index contributed by atoms with van der Waals surface area (Å²) in [5.74, 6) is 0. The molecule has 0 radical (unpaired) electrons. The van der Waals surface area contributed by atoms with Gasteiger partial charge in [-0.2, -0.15) is 0 Å². The van der Waals surface area contributed by atoms with Gasteiger partial charge in [-0.05, 0) is 18.6 Å². The highest BCUT2D eigenvalue weighted by Gasteiger charge is 2.14. The van der Waals surface area contributed by atoms with E-state index in [9.17, 15) is 0 Å². The number of nitrogens with two attached hydrogens (primary N) is 1. The molecule has 0 spiro atoms.